The number of nitrogens with one attached hydrogen (secondary N) is 1. The van der Waals surface area contributed by atoms with Gasteiger partial charge in [-0.1, -0.05) is 0 Å². The Kier molecular flexibility index (Phi) is 3.46. The molecule has 0 amide bonds. The van der Waals surface area contributed by atoms with Crippen molar-refractivity contribution in [2.75, 3.05) is 0 Å². The van der Waals surface area contributed by atoms with Gasteiger partial charge in [0.25, 0.3) is 0 Å². The Labute approximate surface area is 96.0 Å². The van der Waals surface area contributed by atoms with Crippen molar-refractivity contribution in [1.29, 1.82) is 0 Å². The molecule has 0 aromatic carbocycles. The van der Waals surface area contributed by atoms with E-state index in [1.807, 2.05) is 0 Å². The minimum atomic E-state index is -1.61. The standard InChI is InChI=1S/C4H4N.2C4H9.Zr/c1-2-4-5-3-1;2*1-4(2)3;/h1-3,5H;2*1-3H3;. The van der Waals surface area contributed by atoms with Gasteiger partial charge in [-0.2, -0.15) is 0 Å². The molecule has 0 bridgehead atoms. The first-order chi connectivity index (χ1) is 6.23. The van der Waals surface area contributed by atoms with Gasteiger partial charge >= 0.3 is 96.3 Å². The molecule has 0 atom stereocenters. The molecule has 0 saturated carbocycles. The molecule has 0 saturated heterocycles. The molecule has 1 rings (SSSR count). The summed E-state index contributed by atoms with van der Waals surface area (Å²) in [5.74, 6) is 0. The molecule has 0 aliphatic rings. The van der Waals surface area contributed by atoms with Crippen LogP contribution in [0, 0.1) is 0 Å². The maximum atomic E-state index is 3.44. The first-order valence-corrected chi connectivity index (χ1v) is 8.93. The fourth-order valence-electron chi connectivity index (χ4n) is 2.42. The Hall–Kier alpha value is 0.163. The molecule has 1 heterocycles. The molecular formula is C12H22NZr. The fourth-order valence-corrected chi connectivity index (χ4v) is 13.1. The monoisotopic (exact) mass is 270 g/mol. The second-order valence-electron chi connectivity index (χ2n) is 5.96. The summed E-state index contributed by atoms with van der Waals surface area (Å²) in [5, 5.41) is 0. The number of rotatable bonds is 1. The molecule has 0 radical (unpaired) electrons. The van der Waals surface area contributed by atoms with Crippen LogP contribution in [-0.4, -0.2) is 4.98 Å². The Morgan fingerprint density at radius 3 is 1.79 bits per heavy atom. The number of H-pyrrole nitrogens is 1. The van der Waals surface area contributed by atoms with Crippen LogP contribution in [0.15, 0.2) is 18.3 Å². The molecule has 0 spiro atoms. The number of aromatic nitrogens is 1. The van der Waals surface area contributed by atoms with Crippen LogP contribution in [-0.2, 0) is 21.8 Å². The number of hydrogen-bond acceptors (Lipinski definition) is 0. The van der Waals surface area contributed by atoms with Crippen LogP contribution in [0.3, 0.4) is 0 Å². The van der Waals surface area contributed by atoms with Crippen LogP contribution in [0.4, 0.5) is 0 Å². The SMILES string of the molecule is C[C](C)(C)[Zr]([c]1ccc[nH]1)[C](C)(C)C. The van der Waals surface area contributed by atoms with Crippen LogP contribution in [0.25, 0.3) is 0 Å². The average Bonchev–Trinajstić information content (AvgIpc) is 2.31. The van der Waals surface area contributed by atoms with E-state index in [0.717, 1.165) is 0 Å². The van der Waals surface area contributed by atoms with Crippen molar-refractivity contribution in [3.8, 4) is 0 Å². The summed E-state index contributed by atoms with van der Waals surface area (Å²) in [6.45, 7) is 14.4. The minimum absolute atomic E-state index is 0.491. The van der Waals surface area contributed by atoms with Gasteiger partial charge in [0.05, 0.1) is 0 Å². The third-order valence-corrected chi connectivity index (χ3v) is 11.8. The van der Waals surface area contributed by atoms with Gasteiger partial charge < -0.3 is 0 Å². The first kappa shape index (κ1) is 12.2. The molecule has 0 fully saturated rings. The molecule has 0 aliphatic heterocycles. The van der Waals surface area contributed by atoms with Gasteiger partial charge in [-0.05, 0) is 0 Å². The summed E-state index contributed by atoms with van der Waals surface area (Å²) < 4.78 is 2.53. The molecule has 0 aliphatic carbocycles. The zero-order valence-corrected chi connectivity index (χ0v) is 12.7. The summed E-state index contributed by atoms with van der Waals surface area (Å²) in [7, 11) is 0. The zero-order valence-electron chi connectivity index (χ0n) is 10.2. The van der Waals surface area contributed by atoms with E-state index >= 15 is 0 Å². The third-order valence-electron chi connectivity index (χ3n) is 2.37. The topological polar surface area (TPSA) is 15.8 Å². The van der Waals surface area contributed by atoms with E-state index in [2.05, 4.69) is 64.9 Å². The average molecular weight is 272 g/mol. The van der Waals surface area contributed by atoms with Crippen molar-refractivity contribution < 1.29 is 21.8 Å². The summed E-state index contributed by atoms with van der Waals surface area (Å²) >= 11 is -1.61. The maximum absolute atomic E-state index is 3.44. The van der Waals surface area contributed by atoms with Crippen molar-refractivity contribution in [3.63, 3.8) is 0 Å². The summed E-state index contributed by atoms with van der Waals surface area (Å²) in [6.07, 6.45) is 2.06. The van der Waals surface area contributed by atoms with E-state index in [1.54, 1.807) is 3.40 Å². The van der Waals surface area contributed by atoms with Crippen molar-refractivity contribution in [2.24, 2.45) is 0 Å². The van der Waals surface area contributed by atoms with E-state index in [4.69, 9.17) is 0 Å². The van der Waals surface area contributed by atoms with Gasteiger partial charge in [0.1, 0.15) is 0 Å². The molecular weight excluding hydrogens is 249 g/mol. The third kappa shape index (κ3) is 2.83. The van der Waals surface area contributed by atoms with Crippen LogP contribution in [0.5, 0.6) is 0 Å². The van der Waals surface area contributed by atoms with Crippen LogP contribution >= 0.6 is 0 Å². The predicted molar refractivity (Wildman–Crippen MR) is 59.9 cm³/mol. The Bertz CT molecular complexity index is 260. The van der Waals surface area contributed by atoms with E-state index in [0.29, 0.717) is 6.25 Å². The number of hydrogen-bond donors (Lipinski definition) is 1. The second-order valence-corrected chi connectivity index (χ2v) is 16.5. The summed E-state index contributed by atoms with van der Waals surface area (Å²) in [4.78, 5) is 3.44. The summed E-state index contributed by atoms with van der Waals surface area (Å²) in [5.41, 5.74) is 0. The molecule has 0 unspecified atom stereocenters. The fraction of sp³-hybridized carbons (Fsp3) is 0.667. The molecule has 14 heavy (non-hydrogen) atoms. The van der Waals surface area contributed by atoms with E-state index in [-0.39, 0.29) is 0 Å². The summed E-state index contributed by atoms with van der Waals surface area (Å²) in [6, 6.07) is 4.42. The molecule has 1 nitrogen and oxygen atoms in total. The van der Waals surface area contributed by atoms with Gasteiger partial charge in [-0.25, -0.2) is 0 Å². The van der Waals surface area contributed by atoms with E-state index < -0.39 is 21.8 Å². The van der Waals surface area contributed by atoms with Gasteiger partial charge in [0.15, 0.2) is 0 Å². The van der Waals surface area contributed by atoms with Gasteiger partial charge in [0, 0.05) is 0 Å². The van der Waals surface area contributed by atoms with Crippen molar-refractivity contribution in [2.45, 2.75) is 47.8 Å². The quantitative estimate of drug-likeness (QED) is 0.802. The Morgan fingerprint density at radius 1 is 1.00 bits per heavy atom. The van der Waals surface area contributed by atoms with Crippen molar-refractivity contribution in [1.82, 2.24) is 4.98 Å². The number of aromatic amines is 1. The normalized spacial score (nSPS) is 13.0. The van der Waals surface area contributed by atoms with E-state index in [1.165, 1.54) is 0 Å². The van der Waals surface area contributed by atoms with Crippen LogP contribution < -0.4 is 3.40 Å². The van der Waals surface area contributed by atoms with Gasteiger partial charge in [0.2, 0.25) is 0 Å². The molecule has 1 aromatic rings. The van der Waals surface area contributed by atoms with Gasteiger partial charge in [-0.3, -0.25) is 0 Å². The molecule has 1 aromatic heterocycles. The molecule has 79 valence electrons. The predicted octanol–water partition coefficient (Wildman–Crippen LogP) is 3.70. The Balaban J connectivity index is 3.08. The van der Waals surface area contributed by atoms with E-state index in [9.17, 15) is 0 Å². The van der Waals surface area contributed by atoms with Crippen molar-refractivity contribution in [3.05, 3.63) is 18.3 Å². The molecule has 2 heteroatoms. The van der Waals surface area contributed by atoms with Crippen molar-refractivity contribution >= 4 is 3.40 Å². The first-order valence-electron chi connectivity index (χ1n) is 5.24. The van der Waals surface area contributed by atoms with Crippen LogP contribution in [0.2, 0.25) is 6.25 Å². The Morgan fingerprint density at radius 2 is 1.50 bits per heavy atom. The van der Waals surface area contributed by atoms with Crippen LogP contribution in [0.1, 0.15) is 41.5 Å². The zero-order chi connectivity index (χ0) is 11.0. The molecule has 1 N–H and O–H groups in total. The second kappa shape index (κ2) is 3.96. The van der Waals surface area contributed by atoms with Gasteiger partial charge in [-0.15, -0.1) is 0 Å².